The Morgan fingerprint density at radius 1 is 0.870 bits per heavy atom. The van der Waals surface area contributed by atoms with Crippen molar-refractivity contribution in [3.63, 3.8) is 0 Å². The summed E-state index contributed by atoms with van der Waals surface area (Å²) >= 11 is 0. The van der Waals surface area contributed by atoms with E-state index in [2.05, 4.69) is 47.4 Å². The van der Waals surface area contributed by atoms with Gasteiger partial charge in [-0.2, -0.15) is 0 Å². The zero-order valence-corrected chi connectivity index (χ0v) is 13.7. The third-order valence-corrected chi connectivity index (χ3v) is 5.13. The second-order valence-corrected chi connectivity index (χ2v) is 7.01. The second-order valence-electron chi connectivity index (χ2n) is 7.01. The normalized spacial score (nSPS) is 19.5. The summed E-state index contributed by atoms with van der Waals surface area (Å²) in [5.74, 6) is 2.76. The van der Waals surface area contributed by atoms with Crippen LogP contribution in [-0.4, -0.2) is 36.6 Å². The van der Waals surface area contributed by atoms with Gasteiger partial charge in [-0.1, -0.05) is 30.3 Å². The van der Waals surface area contributed by atoms with Crippen LogP contribution in [0.5, 0.6) is 5.75 Å². The first-order valence-electron chi connectivity index (χ1n) is 8.71. The first-order valence-corrected chi connectivity index (χ1v) is 8.71. The summed E-state index contributed by atoms with van der Waals surface area (Å²) in [5.41, 5.74) is 0. The number of ether oxygens (including phenoxy) is 1. The van der Waals surface area contributed by atoms with Crippen molar-refractivity contribution in [3.05, 3.63) is 42.5 Å². The van der Waals surface area contributed by atoms with Gasteiger partial charge in [-0.25, -0.2) is 0 Å². The molecule has 23 heavy (non-hydrogen) atoms. The Morgan fingerprint density at radius 3 is 2.35 bits per heavy atom. The maximum Gasteiger partial charge on any atom is 0.119 e. The van der Waals surface area contributed by atoms with Crippen LogP contribution in [0.1, 0.15) is 25.7 Å². The van der Waals surface area contributed by atoms with E-state index in [4.69, 9.17) is 4.74 Å². The van der Waals surface area contributed by atoms with E-state index < -0.39 is 0 Å². The SMILES string of the molecule is O.c1ccc2cc(OCC3CCN(CC4CC4)CC3)ccc2c1. The molecular weight excluding hydrogens is 286 g/mol. The van der Waals surface area contributed by atoms with Gasteiger partial charge < -0.3 is 15.1 Å². The van der Waals surface area contributed by atoms with E-state index in [1.165, 1.54) is 56.1 Å². The highest BCUT2D eigenvalue weighted by Crippen LogP contribution is 2.31. The van der Waals surface area contributed by atoms with Gasteiger partial charge in [-0.3, -0.25) is 0 Å². The van der Waals surface area contributed by atoms with Gasteiger partial charge in [0.15, 0.2) is 0 Å². The van der Waals surface area contributed by atoms with Crippen molar-refractivity contribution in [1.29, 1.82) is 0 Å². The summed E-state index contributed by atoms with van der Waals surface area (Å²) in [7, 11) is 0. The number of likely N-dealkylation sites (tertiary alicyclic amines) is 1. The number of rotatable bonds is 5. The average Bonchev–Trinajstić information content (AvgIpc) is 3.38. The van der Waals surface area contributed by atoms with Crippen molar-refractivity contribution in [2.75, 3.05) is 26.2 Å². The van der Waals surface area contributed by atoms with E-state index in [1.807, 2.05) is 0 Å². The van der Waals surface area contributed by atoms with Gasteiger partial charge in [0.2, 0.25) is 0 Å². The molecule has 124 valence electrons. The van der Waals surface area contributed by atoms with Crippen molar-refractivity contribution < 1.29 is 10.2 Å². The van der Waals surface area contributed by atoms with Crippen LogP contribution >= 0.6 is 0 Å². The number of hydrogen-bond acceptors (Lipinski definition) is 2. The molecule has 0 unspecified atom stereocenters. The zero-order chi connectivity index (χ0) is 14.8. The lowest BCUT2D eigenvalue weighted by atomic mass is 9.97. The Labute approximate surface area is 138 Å². The molecule has 2 aromatic carbocycles. The third-order valence-electron chi connectivity index (χ3n) is 5.13. The van der Waals surface area contributed by atoms with Crippen molar-refractivity contribution >= 4 is 10.8 Å². The smallest absolute Gasteiger partial charge is 0.119 e. The number of nitrogens with zero attached hydrogens (tertiary/aromatic N) is 1. The molecule has 3 nitrogen and oxygen atoms in total. The molecule has 1 aliphatic heterocycles. The van der Waals surface area contributed by atoms with Crippen LogP contribution in [0.25, 0.3) is 10.8 Å². The maximum atomic E-state index is 6.06. The van der Waals surface area contributed by atoms with Crippen LogP contribution in [-0.2, 0) is 0 Å². The summed E-state index contributed by atoms with van der Waals surface area (Å²) in [4.78, 5) is 2.66. The molecule has 2 fully saturated rings. The molecule has 2 N–H and O–H groups in total. The van der Waals surface area contributed by atoms with Crippen LogP contribution < -0.4 is 4.74 Å². The second kappa shape index (κ2) is 7.33. The van der Waals surface area contributed by atoms with Crippen LogP contribution in [0.4, 0.5) is 0 Å². The maximum absolute atomic E-state index is 6.06. The monoisotopic (exact) mass is 313 g/mol. The predicted octanol–water partition coefficient (Wildman–Crippen LogP) is 3.52. The Hall–Kier alpha value is -1.58. The molecule has 0 radical (unpaired) electrons. The topological polar surface area (TPSA) is 44.0 Å². The van der Waals surface area contributed by atoms with Gasteiger partial charge in [-0.15, -0.1) is 0 Å². The standard InChI is InChI=1S/C20H25NO.H2O/c1-2-4-19-13-20(8-7-18(19)3-1)22-15-17-9-11-21(12-10-17)14-16-5-6-16;/h1-4,7-8,13,16-17H,5-6,9-12,14-15H2;1H2. The molecule has 2 aliphatic rings. The Morgan fingerprint density at radius 2 is 1.61 bits per heavy atom. The van der Waals surface area contributed by atoms with E-state index in [0.717, 1.165) is 24.2 Å². The largest absolute Gasteiger partial charge is 0.493 e. The molecule has 3 heteroatoms. The number of benzene rings is 2. The number of hydrogen-bond donors (Lipinski definition) is 0. The zero-order valence-electron chi connectivity index (χ0n) is 13.7. The molecule has 1 saturated heterocycles. The van der Waals surface area contributed by atoms with Gasteiger partial charge >= 0.3 is 0 Å². The van der Waals surface area contributed by atoms with Crippen molar-refractivity contribution in [1.82, 2.24) is 4.90 Å². The number of fused-ring (bicyclic) bond motifs is 1. The fourth-order valence-electron chi connectivity index (χ4n) is 3.47. The summed E-state index contributed by atoms with van der Waals surface area (Å²) in [6, 6.07) is 14.9. The van der Waals surface area contributed by atoms with Crippen molar-refractivity contribution in [2.45, 2.75) is 25.7 Å². The fraction of sp³-hybridized carbons (Fsp3) is 0.500. The molecule has 2 aromatic rings. The van der Waals surface area contributed by atoms with E-state index in [-0.39, 0.29) is 5.48 Å². The summed E-state index contributed by atoms with van der Waals surface area (Å²) < 4.78 is 6.06. The highest BCUT2D eigenvalue weighted by atomic mass is 16.5. The van der Waals surface area contributed by atoms with E-state index in [9.17, 15) is 0 Å². The van der Waals surface area contributed by atoms with E-state index in [1.54, 1.807) is 0 Å². The van der Waals surface area contributed by atoms with Crippen molar-refractivity contribution in [3.8, 4) is 5.75 Å². The van der Waals surface area contributed by atoms with Gasteiger partial charge in [0, 0.05) is 6.54 Å². The molecule has 0 amide bonds. The lowest BCUT2D eigenvalue weighted by Crippen LogP contribution is -2.36. The molecular formula is C20H27NO2. The van der Waals surface area contributed by atoms with Crippen LogP contribution in [0.15, 0.2) is 42.5 Å². The molecule has 4 rings (SSSR count). The van der Waals surface area contributed by atoms with Crippen molar-refractivity contribution in [2.24, 2.45) is 11.8 Å². The lowest BCUT2D eigenvalue weighted by Gasteiger charge is -2.31. The van der Waals surface area contributed by atoms with Crippen LogP contribution in [0.2, 0.25) is 0 Å². The van der Waals surface area contributed by atoms with Crippen LogP contribution in [0, 0.1) is 11.8 Å². The Bertz CT molecular complexity index is 630. The minimum Gasteiger partial charge on any atom is -0.493 e. The van der Waals surface area contributed by atoms with E-state index >= 15 is 0 Å². The molecule has 0 spiro atoms. The lowest BCUT2D eigenvalue weighted by molar-refractivity contribution is 0.138. The third kappa shape index (κ3) is 4.24. The highest BCUT2D eigenvalue weighted by Gasteiger charge is 2.27. The average molecular weight is 313 g/mol. The molecule has 0 atom stereocenters. The van der Waals surface area contributed by atoms with E-state index in [0.29, 0.717) is 0 Å². The Kier molecular flexibility index (Phi) is 5.19. The first kappa shape index (κ1) is 16.3. The fourth-order valence-corrected chi connectivity index (χ4v) is 3.47. The summed E-state index contributed by atoms with van der Waals surface area (Å²) in [6.45, 7) is 4.75. The predicted molar refractivity (Wildman–Crippen MR) is 94.9 cm³/mol. The van der Waals surface area contributed by atoms with Gasteiger partial charge in [-0.05, 0) is 73.5 Å². The quantitative estimate of drug-likeness (QED) is 0.848. The molecule has 0 aromatic heterocycles. The number of piperidine rings is 1. The minimum atomic E-state index is 0. The summed E-state index contributed by atoms with van der Waals surface area (Å²) in [5, 5.41) is 2.54. The highest BCUT2D eigenvalue weighted by molar-refractivity contribution is 5.83. The molecule has 1 heterocycles. The molecule has 1 aliphatic carbocycles. The Balaban J connectivity index is 0.00000156. The van der Waals surface area contributed by atoms with Gasteiger partial charge in [0.25, 0.3) is 0 Å². The van der Waals surface area contributed by atoms with Gasteiger partial charge in [0.05, 0.1) is 6.61 Å². The molecule has 1 saturated carbocycles. The summed E-state index contributed by atoms with van der Waals surface area (Å²) in [6.07, 6.45) is 5.51. The minimum absolute atomic E-state index is 0. The first-order chi connectivity index (χ1) is 10.9. The van der Waals surface area contributed by atoms with Gasteiger partial charge in [0.1, 0.15) is 5.75 Å². The van der Waals surface area contributed by atoms with Crippen LogP contribution in [0.3, 0.4) is 0 Å². The molecule has 0 bridgehead atoms.